The van der Waals surface area contributed by atoms with E-state index in [9.17, 15) is 14.0 Å². The van der Waals surface area contributed by atoms with Gasteiger partial charge in [0.15, 0.2) is 11.5 Å². The lowest BCUT2D eigenvalue weighted by atomic mass is 10.2. The first-order valence-corrected chi connectivity index (χ1v) is 8.58. The number of nitrogens with zero attached hydrogens (tertiary/aromatic N) is 2. The number of carbonyl (C=O) groups excluding carboxylic acids is 2. The van der Waals surface area contributed by atoms with Gasteiger partial charge in [-0.15, -0.1) is 0 Å². The minimum Gasteiger partial charge on any atom is -0.454 e. The number of amides is 3. The van der Waals surface area contributed by atoms with Crippen LogP contribution in [-0.4, -0.2) is 43.3 Å². The molecule has 7 nitrogen and oxygen atoms in total. The van der Waals surface area contributed by atoms with Gasteiger partial charge in [0.2, 0.25) is 12.7 Å². The number of hydrogen-bond donors (Lipinski definition) is 1. The lowest BCUT2D eigenvalue weighted by Gasteiger charge is -2.18. The predicted molar refractivity (Wildman–Crippen MR) is 95.1 cm³/mol. The van der Waals surface area contributed by atoms with Crippen LogP contribution >= 0.6 is 0 Å². The molecule has 0 spiro atoms. The highest BCUT2D eigenvalue weighted by Crippen LogP contribution is 2.36. The number of hydrogen-bond acceptors (Lipinski definition) is 4. The maximum absolute atomic E-state index is 13.6. The van der Waals surface area contributed by atoms with Gasteiger partial charge in [0.05, 0.1) is 0 Å². The molecule has 2 aromatic carbocycles. The fourth-order valence-electron chi connectivity index (χ4n) is 3.09. The number of urea groups is 1. The molecule has 27 heavy (non-hydrogen) atoms. The third-order valence-electron chi connectivity index (χ3n) is 4.53. The van der Waals surface area contributed by atoms with Gasteiger partial charge >= 0.3 is 6.03 Å². The summed E-state index contributed by atoms with van der Waals surface area (Å²) in [5.74, 6) is 0.541. The van der Waals surface area contributed by atoms with Crippen molar-refractivity contribution in [2.75, 3.05) is 31.3 Å². The molecule has 0 saturated carbocycles. The second-order valence-electron chi connectivity index (χ2n) is 6.26. The Morgan fingerprint density at radius 2 is 1.93 bits per heavy atom. The van der Waals surface area contributed by atoms with Crippen molar-refractivity contribution in [2.45, 2.75) is 6.54 Å². The average molecular weight is 371 g/mol. The first-order valence-electron chi connectivity index (χ1n) is 8.58. The van der Waals surface area contributed by atoms with Crippen molar-refractivity contribution in [1.82, 2.24) is 10.2 Å². The summed E-state index contributed by atoms with van der Waals surface area (Å²) >= 11 is 0. The van der Waals surface area contributed by atoms with E-state index in [0.717, 1.165) is 0 Å². The van der Waals surface area contributed by atoms with E-state index in [1.807, 2.05) is 0 Å². The summed E-state index contributed by atoms with van der Waals surface area (Å²) in [7, 11) is 0. The van der Waals surface area contributed by atoms with Crippen molar-refractivity contribution in [3.05, 3.63) is 53.8 Å². The maximum atomic E-state index is 13.6. The highest BCUT2D eigenvalue weighted by molar-refractivity contribution is 5.96. The van der Waals surface area contributed by atoms with E-state index in [4.69, 9.17) is 9.47 Å². The van der Waals surface area contributed by atoms with Crippen molar-refractivity contribution in [3.8, 4) is 11.5 Å². The summed E-state index contributed by atoms with van der Waals surface area (Å²) in [5, 5.41) is 2.65. The molecule has 1 N–H and O–H groups in total. The highest BCUT2D eigenvalue weighted by Gasteiger charge is 2.31. The van der Waals surface area contributed by atoms with E-state index in [0.29, 0.717) is 35.8 Å². The number of rotatable bonds is 5. The number of benzene rings is 2. The van der Waals surface area contributed by atoms with Crippen LogP contribution in [0, 0.1) is 5.82 Å². The Labute approximate surface area is 155 Å². The van der Waals surface area contributed by atoms with Crippen molar-refractivity contribution in [3.63, 3.8) is 0 Å². The molecular formula is C19H18FN3O4. The largest absolute Gasteiger partial charge is 0.454 e. The van der Waals surface area contributed by atoms with Crippen molar-refractivity contribution in [2.24, 2.45) is 0 Å². The third-order valence-corrected chi connectivity index (χ3v) is 4.53. The van der Waals surface area contributed by atoms with Crippen LogP contribution in [0.3, 0.4) is 0 Å². The Bertz CT molecular complexity index is 889. The molecule has 2 aromatic rings. The molecule has 4 rings (SSSR count). The van der Waals surface area contributed by atoms with E-state index < -0.39 is 0 Å². The average Bonchev–Trinajstić information content (AvgIpc) is 3.27. The molecule has 0 atom stereocenters. The molecule has 0 aromatic heterocycles. The number of anilines is 1. The standard InChI is InChI=1S/C19H18FN3O4/c20-15-4-2-1-3-13(15)10-21-18(24)11-22-7-8-23(19(22)25)14-5-6-16-17(9-14)27-12-26-16/h1-6,9H,7-8,10-12H2,(H,21,24). The van der Waals surface area contributed by atoms with Gasteiger partial charge in [-0.05, 0) is 18.2 Å². The molecule has 1 fully saturated rings. The highest BCUT2D eigenvalue weighted by atomic mass is 19.1. The number of ether oxygens (including phenoxy) is 2. The van der Waals surface area contributed by atoms with Crippen molar-refractivity contribution >= 4 is 17.6 Å². The first kappa shape index (κ1) is 17.1. The molecule has 0 radical (unpaired) electrons. The van der Waals surface area contributed by atoms with Crippen LogP contribution in [0.2, 0.25) is 0 Å². The van der Waals surface area contributed by atoms with E-state index in [-0.39, 0.29) is 37.6 Å². The number of fused-ring (bicyclic) bond motifs is 1. The monoisotopic (exact) mass is 371 g/mol. The van der Waals surface area contributed by atoms with Gasteiger partial charge in [-0.2, -0.15) is 0 Å². The van der Waals surface area contributed by atoms with Crippen LogP contribution in [0.5, 0.6) is 11.5 Å². The van der Waals surface area contributed by atoms with Crippen LogP contribution < -0.4 is 19.7 Å². The van der Waals surface area contributed by atoms with Crippen molar-refractivity contribution in [1.29, 1.82) is 0 Å². The summed E-state index contributed by atoms with van der Waals surface area (Å²) in [5.41, 5.74) is 1.10. The Hall–Kier alpha value is -3.29. The topological polar surface area (TPSA) is 71.1 Å². The first-order chi connectivity index (χ1) is 13.1. The fourth-order valence-corrected chi connectivity index (χ4v) is 3.09. The normalized spacial score (nSPS) is 15.4. The van der Waals surface area contributed by atoms with E-state index in [2.05, 4.69) is 5.32 Å². The van der Waals surface area contributed by atoms with Gasteiger partial charge in [-0.3, -0.25) is 9.69 Å². The van der Waals surface area contributed by atoms with Gasteiger partial charge in [0, 0.05) is 37.0 Å². The molecule has 0 unspecified atom stereocenters. The Balaban J connectivity index is 1.35. The van der Waals surface area contributed by atoms with Gasteiger partial charge < -0.3 is 19.7 Å². The molecule has 2 heterocycles. The molecule has 0 aliphatic carbocycles. The Morgan fingerprint density at radius 3 is 2.78 bits per heavy atom. The van der Waals surface area contributed by atoms with E-state index >= 15 is 0 Å². The van der Waals surface area contributed by atoms with Crippen LogP contribution in [0.4, 0.5) is 14.9 Å². The van der Waals surface area contributed by atoms with Gasteiger partial charge in [0.25, 0.3) is 0 Å². The van der Waals surface area contributed by atoms with Gasteiger partial charge in [-0.1, -0.05) is 18.2 Å². The summed E-state index contributed by atoms with van der Waals surface area (Å²) in [6.45, 7) is 1.08. The lowest BCUT2D eigenvalue weighted by Crippen LogP contribution is -2.39. The maximum Gasteiger partial charge on any atom is 0.325 e. The Morgan fingerprint density at radius 1 is 1.11 bits per heavy atom. The van der Waals surface area contributed by atoms with Crippen LogP contribution in [-0.2, 0) is 11.3 Å². The minimum absolute atomic E-state index is 0.0751. The van der Waals surface area contributed by atoms with E-state index in [1.54, 1.807) is 41.3 Å². The molecule has 1 saturated heterocycles. The lowest BCUT2D eigenvalue weighted by molar-refractivity contribution is -0.121. The Kier molecular flexibility index (Phi) is 4.53. The molecule has 3 amide bonds. The summed E-state index contributed by atoms with van der Waals surface area (Å²) in [6.07, 6.45) is 0. The van der Waals surface area contributed by atoms with E-state index in [1.165, 1.54) is 11.0 Å². The zero-order valence-electron chi connectivity index (χ0n) is 14.5. The number of halogens is 1. The quantitative estimate of drug-likeness (QED) is 0.874. The molecule has 2 aliphatic rings. The van der Waals surface area contributed by atoms with Crippen LogP contribution in [0.15, 0.2) is 42.5 Å². The SMILES string of the molecule is O=C(CN1CCN(c2ccc3c(c2)OCO3)C1=O)NCc1ccccc1F. The second-order valence-corrected chi connectivity index (χ2v) is 6.26. The molecule has 8 heteroatoms. The zero-order valence-corrected chi connectivity index (χ0v) is 14.5. The summed E-state index contributed by atoms with van der Waals surface area (Å²) < 4.78 is 24.2. The molecule has 140 valence electrons. The fraction of sp³-hybridized carbons (Fsp3) is 0.263. The van der Waals surface area contributed by atoms with Gasteiger partial charge in [-0.25, -0.2) is 9.18 Å². The summed E-state index contributed by atoms with van der Waals surface area (Å²) in [6, 6.07) is 11.3. The van der Waals surface area contributed by atoms with Crippen molar-refractivity contribution < 1.29 is 23.5 Å². The second kappa shape index (κ2) is 7.14. The molecule has 0 bridgehead atoms. The molecule has 2 aliphatic heterocycles. The number of nitrogens with one attached hydrogen (secondary N) is 1. The van der Waals surface area contributed by atoms with Crippen LogP contribution in [0.25, 0.3) is 0 Å². The molecular weight excluding hydrogens is 353 g/mol. The number of carbonyl (C=O) groups is 2. The zero-order chi connectivity index (χ0) is 18.8. The smallest absolute Gasteiger partial charge is 0.325 e. The van der Waals surface area contributed by atoms with Crippen LogP contribution in [0.1, 0.15) is 5.56 Å². The summed E-state index contributed by atoms with van der Waals surface area (Å²) in [4.78, 5) is 27.8. The minimum atomic E-state index is -0.371. The third kappa shape index (κ3) is 3.51. The predicted octanol–water partition coefficient (Wildman–Crippen LogP) is 2.11. The van der Waals surface area contributed by atoms with Gasteiger partial charge in [0.1, 0.15) is 12.4 Å².